The van der Waals surface area contributed by atoms with Gasteiger partial charge in [-0.15, -0.1) is 0 Å². The third-order valence-electron chi connectivity index (χ3n) is 1.09. The summed E-state index contributed by atoms with van der Waals surface area (Å²) in [5.74, 6) is 0. The summed E-state index contributed by atoms with van der Waals surface area (Å²) in [6.07, 6.45) is 4.23. The first kappa shape index (κ1) is 8.24. The predicted octanol–water partition coefficient (Wildman–Crippen LogP) is 1.06. The maximum absolute atomic E-state index is 11.6. The molecule has 0 aromatic carbocycles. The lowest BCUT2D eigenvalue weighted by molar-refractivity contribution is 0.420. The van der Waals surface area contributed by atoms with Gasteiger partial charge in [-0.3, -0.25) is 4.31 Å². The monoisotopic (exact) mass is 139 g/mol. The van der Waals surface area contributed by atoms with E-state index in [1.54, 1.807) is 0 Å². The molecule has 0 aliphatic carbocycles. The molecule has 0 saturated carbocycles. The Hall–Kier alpha value is 0.240. The molecule has 0 aromatic heterocycles. The van der Waals surface area contributed by atoms with Gasteiger partial charge in [0.2, 0.25) is 0 Å². The quantitative estimate of drug-likeness (QED) is 0.572. The second-order valence-electron chi connectivity index (χ2n) is 1.92. The summed E-state index contributed by atoms with van der Waals surface area (Å²) >= 11 is -0.0742. The van der Waals surface area contributed by atoms with Gasteiger partial charge in [-0.05, 0) is 19.6 Å². The SMILES string of the molecule is CN(CCF)[SH](C)C. The van der Waals surface area contributed by atoms with Crippen LogP contribution in [0.4, 0.5) is 4.39 Å². The molecule has 0 aliphatic heterocycles. The Morgan fingerprint density at radius 2 is 2.00 bits per heavy atom. The number of hydrogen-bond acceptors (Lipinski definition) is 1. The van der Waals surface area contributed by atoms with Gasteiger partial charge in [-0.25, -0.2) is 15.5 Å². The van der Waals surface area contributed by atoms with Crippen LogP contribution in [0.3, 0.4) is 0 Å². The normalized spacial score (nSPS) is 12.4. The molecular formula is C5H14FNS. The molecule has 0 amide bonds. The molecule has 52 valence electrons. The van der Waals surface area contributed by atoms with E-state index in [1.165, 1.54) is 0 Å². The highest BCUT2D eigenvalue weighted by atomic mass is 32.2. The van der Waals surface area contributed by atoms with Gasteiger partial charge < -0.3 is 0 Å². The summed E-state index contributed by atoms with van der Waals surface area (Å²) in [5.41, 5.74) is 0. The summed E-state index contributed by atoms with van der Waals surface area (Å²) in [7, 11) is 1.95. The zero-order chi connectivity index (χ0) is 6.57. The fourth-order valence-electron chi connectivity index (χ4n) is 0.322. The van der Waals surface area contributed by atoms with E-state index >= 15 is 0 Å². The molecule has 3 heteroatoms. The molecule has 0 aliphatic rings. The zero-order valence-corrected chi connectivity index (χ0v) is 6.58. The molecule has 1 nitrogen and oxygen atoms in total. The maximum Gasteiger partial charge on any atom is 0.103 e. The Labute approximate surface area is 53.4 Å². The first-order valence-electron chi connectivity index (χ1n) is 2.63. The maximum atomic E-state index is 11.6. The summed E-state index contributed by atoms with van der Waals surface area (Å²) in [6.45, 7) is 0.357. The van der Waals surface area contributed by atoms with Crippen molar-refractivity contribution in [2.75, 3.05) is 32.8 Å². The van der Waals surface area contributed by atoms with Crippen LogP contribution >= 0.6 is 11.1 Å². The summed E-state index contributed by atoms with van der Waals surface area (Å²) < 4.78 is 13.6. The third kappa shape index (κ3) is 3.27. The summed E-state index contributed by atoms with van der Waals surface area (Å²) in [4.78, 5) is 0. The smallest absolute Gasteiger partial charge is 0.103 e. The van der Waals surface area contributed by atoms with Crippen LogP contribution in [-0.2, 0) is 0 Å². The molecular weight excluding hydrogens is 125 g/mol. The Morgan fingerprint density at radius 1 is 1.50 bits per heavy atom. The van der Waals surface area contributed by atoms with Crippen LogP contribution in [0.25, 0.3) is 0 Å². The summed E-state index contributed by atoms with van der Waals surface area (Å²) in [5, 5.41) is 0. The van der Waals surface area contributed by atoms with E-state index in [9.17, 15) is 4.39 Å². The number of alkyl halides is 1. The molecule has 0 aromatic rings. The highest BCUT2D eigenvalue weighted by Crippen LogP contribution is 2.16. The first-order valence-corrected chi connectivity index (χ1v) is 4.81. The Bertz CT molecular complexity index is 58.4. The Morgan fingerprint density at radius 3 is 2.12 bits per heavy atom. The minimum atomic E-state index is -0.225. The van der Waals surface area contributed by atoms with Crippen molar-refractivity contribution < 1.29 is 4.39 Å². The third-order valence-corrected chi connectivity index (χ3v) is 2.66. The first-order chi connectivity index (χ1) is 3.68. The summed E-state index contributed by atoms with van der Waals surface area (Å²) in [6, 6.07) is 0. The van der Waals surface area contributed by atoms with Gasteiger partial charge in [-0.2, -0.15) is 0 Å². The van der Waals surface area contributed by atoms with Crippen molar-refractivity contribution in [2.24, 2.45) is 0 Å². The number of nitrogens with zero attached hydrogens (tertiary/aromatic N) is 1. The average molecular weight is 139 g/mol. The molecule has 0 unspecified atom stereocenters. The second-order valence-corrected chi connectivity index (χ2v) is 4.29. The van der Waals surface area contributed by atoms with E-state index in [1.807, 2.05) is 11.4 Å². The second kappa shape index (κ2) is 4.15. The largest absolute Gasteiger partial charge is 0.271 e. The lowest BCUT2D eigenvalue weighted by Gasteiger charge is -2.22. The van der Waals surface area contributed by atoms with Gasteiger partial charge in [0.25, 0.3) is 0 Å². The Kier molecular flexibility index (Phi) is 4.28. The molecule has 8 heavy (non-hydrogen) atoms. The Balaban J connectivity index is 3.17. The van der Waals surface area contributed by atoms with Gasteiger partial charge in [0.05, 0.1) is 0 Å². The zero-order valence-electron chi connectivity index (χ0n) is 5.69. The standard InChI is InChI=1S/C5H14FNS/c1-7(5-4-6)8(2)3/h8H,4-5H2,1-3H3. The topological polar surface area (TPSA) is 3.24 Å². The van der Waals surface area contributed by atoms with E-state index in [-0.39, 0.29) is 17.8 Å². The molecule has 0 saturated heterocycles. The predicted molar refractivity (Wildman–Crippen MR) is 39.4 cm³/mol. The van der Waals surface area contributed by atoms with E-state index in [0.717, 1.165) is 0 Å². The fourth-order valence-corrected chi connectivity index (χ4v) is 0.798. The molecule has 0 atom stereocenters. The minimum Gasteiger partial charge on any atom is -0.271 e. The highest BCUT2D eigenvalue weighted by molar-refractivity contribution is 8.13. The van der Waals surface area contributed by atoms with Crippen LogP contribution < -0.4 is 0 Å². The number of thiol groups is 1. The number of rotatable bonds is 3. The number of hydrogen-bond donors (Lipinski definition) is 1. The van der Waals surface area contributed by atoms with Crippen molar-refractivity contribution in [3.8, 4) is 0 Å². The highest BCUT2D eigenvalue weighted by Gasteiger charge is 1.95. The molecule has 0 bridgehead atoms. The van der Waals surface area contributed by atoms with E-state index in [2.05, 4.69) is 12.5 Å². The van der Waals surface area contributed by atoms with E-state index in [4.69, 9.17) is 0 Å². The van der Waals surface area contributed by atoms with Gasteiger partial charge in [0, 0.05) is 6.54 Å². The lowest BCUT2D eigenvalue weighted by atomic mass is 10.7. The van der Waals surface area contributed by atoms with Gasteiger partial charge in [0.1, 0.15) is 6.67 Å². The minimum absolute atomic E-state index is 0.0742. The molecule has 0 spiro atoms. The van der Waals surface area contributed by atoms with Crippen molar-refractivity contribution >= 4 is 11.1 Å². The van der Waals surface area contributed by atoms with Gasteiger partial charge in [-0.1, -0.05) is 0 Å². The molecule has 0 fully saturated rings. The van der Waals surface area contributed by atoms with Crippen molar-refractivity contribution in [2.45, 2.75) is 0 Å². The molecule has 0 heterocycles. The lowest BCUT2D eigenvalue weighted by Crippen LogP contribution is -2.15. The fraction of sp³-hybridized carbons (Fsp3) is 1.00. The molecule has 0 radical (unpaired) electrons. The van der Waals surface area contributed by atoms with Crippen LogP contribution in [-0.4, -0.2) is 37.1 Å². The van der Waals surface area contributed by atoms with Crippen molar-refractivity contribution in [1.29, 1.82) is 0 Å². The van der Waals surface area contributed by atoms with Crippen LogP contribution in [0.15, 0.2) is 0 Å². The molecule has 0 N–H and O–H groups in total. The van der Waals surface area contributed by atoms with Crippen molar-refractivity contribution in [3.05, 3.63) is 0 Å². The van der Waals surface area contributed by atoms with Gasteiger partial charge >= 0.3 is 0 Å². The van der Waals surface area contributed by atoms with Crippen LogP contribution in [0, 0.1) is 0 Å². The van der Waals surface area contributed by atoms with Crippen LogP contribution in [0.5, 0.6) is 0 Å². The molecule has 0 rings (SSSR count). The van der Waals surface area contributed by atoms with E-state index < -0.39 is 0 Å². The van der Waals surface area contributed by atoms with Gasteiger partial charge in [0.15, 0.2) is 0 Å². The van der Waals surface area contributed by atoms with Crippen LogP contribution in [0.1, 0.15) is 0 Å². The average Bonchev–Trinajstić information content (AvgIpc) is 1.67. The number of halogens is 1. The van der Waals surface area contributed by atoms with Crippen molar-refractivity contribution in [1.82, 2.24) is 4.31 Å². The van der Waals surface area contributed by atoms with Crippen LogP contribution in [0.2, 0.25) is 0 Å². The van der Waals surface area contributed by atoms with Crippen molar-refractivity contribution in [3.63, 3.8) is 0 Å². The van der Waals surface area contributed by atoms with E-state index in [0.29, 0.717) is 6.54 Å².